The van der Waals surface area contributed by atoms with Crippen molar-refractivity contribution in [1.82, 2.24) is 15.5 Å². The van der Waals surface area contributed by atoms with Crippen LogP contribution in [0.4, 0.5) is 18.0 Å². The molecule has 2 heterocycles. The van der Waals surface area contributed by atoms with Gasteiger partial charge in [-0.05, 0) is 31.6 Å². The Kier molecular flexibility index (Phi) is 6.35. The molecule has 2 aliphatic heterocycles. The molecule has 10 heteroatoms. The van der Waals surface area contributed by atoms with Gasteiger partial charge in [-0.15, -0.1) is 0 Å². The van der Waals surface area contributed by atoms with Crippen LogP contribution in [0.15, 0.2) is 0 Å². The third-order valence-electron chi connectivity index (χ3n) is 4.43. The van der Waals surface area contributed by atoms with Gasteiger partial charge in [0.15, 0.2) is 9.84 Å². The summed E-state index contributed by atoms with van der Waals surface area (Å²) in [6.45, 7) is -0.0172. The SMILES string of the molecule is O=C(NCC1CCCS(=O)(=O)C1)NC1CCN(CC(F)(F)F)CC1. The predicted octanol–water partition coefficient (Wildman–Crippen LogP) is 1.14. The maximum atomic E-state index is 12.3. The number of amides is 2. The third kappa shape index (κ3) is 6.84. The van der Waals surface area contributed by atoms with Gasteiger partial charge in [-0.3, -0.25) is 4.90 Å². The molecule has 0 aromatic carbocycles. The molecular weight excluding hydrogens is 347 g/mol. The fourth-order valence-electron chi connectivity index (χ4n) is 3.24. The van der Waals surface area contributed by atoms with Gasteiger partial charge >= 0.3 is 12.2 Å². The Hall–Kier alpha value is -1.03. The summed E-state index contributed by atoms with van der Waals surface area (Å²) in [7, 11) is -3.00. The van der Waals surface area contributed by atoms with E-state index in [4.69, 9.17) is 0 Å². The molecule has 2 N–H and O–H groups in total. The lowest BCUT2D eigenvalue weighted by Crippen LogP contribution is -2.50. The van der Waals surface area contributed by atoms with Gasteiger partial charge in [0.05, 0.1) is 18.1 Å². The highest BCUT2D eigenvalue weighted by Crippen LogP contribution is 2.20. The summed E-state index contributed by atoms with van der Waals surface area (Å²) >= 11 is 0. The van der Waals surface area contributed by atoms with Crippen molar-refractivity contribution >= 4 is 15.9 Å². The molecule has 0 aliphatic carbocycles. The zero-order chi connectivity index (χ0) is 17.8. The molecule has 0 radical (unpaired) electrons. The largest absolute Gasteiger partial charge is 0.401 e. The molecule has 0 aromatic heterocycles. The zero-order valence-electron chi connectivity index (χ0n) is 13.4. The fourth-order valence-corrected chi connectivity index (χ4v) is 5.02. The van der Waals surface area contributed by atoms with Crippen molar-refractivity contribution in [3.63, 3.8) is 0 Å². The molecule has 0 bridgehead atoms. The van der Waals surface area contributed by atoms with Crippen LogP contribution in [0.2, 0.25) is 0 Å². The number of carbonyl (C=O) groups excluding carboxylic acids is 1. The minimum Gasteiger partial charge on any atom is -0.338 e. The molecule has 1 atom stereocenters. The number of rotatable bonds is 4. The van der Waals surface area contributed by atoms with E-state index in [2.05, 4.69) is 10.6 Å². The summed E-state index contributed by atoms with van der Waals surface area (Å²) in [4.78, 5) is 13.2. The summed E-state index contributed by atoms with van der Waals surface area (Å²) in [5, 5.41) is 5.43. The lowest BCUT2D eigenvalue weighted by atomic mass is 10.0. The second kappa shape index (κ2) is 7.90. The molecule has 0 aromatic rings. The number of hydrogen-bond donors (Lipinski definition) is 2. The summed E-state index contributed by atoms with van der Waals surface area (Å²) in [6, 6.07) is -0.531. The molecule has 1 unspecified atom stereocenters. The van der Waals surface area contributed by atoms with Gasteiger partial charge in [0.25, 0.3) is 0 Å². The molecule has 0 spiro atoms. The Morgan fingerprint density at radius 2 is 1.83 bits per heavy atom. The van der Waals surface area contributed by atoms with E-state index in [9.17, 15) is 26.4 Å². The van der Waals surface area contributed by atoms with Crippen molar-refractivity contribution in [2.45, 2.75) is 37.9 Å². The number of alkyl halides is 3. The monoisotopic (exact) mass is 371 g/mol. The third-order valence-corrected chi connectivity index (χ3v) is 6.32. The van der Waals surface area contributed by atoms with Crippen molar-refractivity contribution in [2.24, 2.45) is 5.92 Å². The van der Waals surface area contributed by atoms with Crippen LogP contribution in [0.25, 0.3) is 0 Å². The summed E-state index contributed by atoms with van der Waals surface area (Å²) in [5.41, 5.74) is 0. The maximum Gasteiger partial charge on any atom is 0.401 e. The Balaban J connectivity index is 1.65. The molecule has 0 saturated carbocycles. The van der Waals surface area contributed by atoms with Crippen LogP contribution in [0.3, 0.4) is 0 Å². The molecule has 140 valence electrons. The Bertz CT molecular complexity index is 531. The number of nitrogens with one attached hydrogen (secondary N) is 2. The molecular formula is C14H24F3N3O3S. The average molecular weight is 371 g/mol. The standard InChI is InChI=1S/C14H24F3N3O3S/c15-14(16,17)10-20-5-3-12(4-6-20)19-13(21)18-8-11-2-1-7-24(22,23)9-11/h11-12H,1-10H2,(H2,18,19,21). The Labute approximate surface area is 140 Å². The van der Waals surface area contributed by atoms with E-state index in [0.29, 0.717) is 38.9 Å². The number of sulfone groups is 1. The number of hydrogen-bond acceptors (Lipinski definition) is 4. The van der Waals surface area contributed by atoms with E-state index < -0.39 is 22.6 Å². The first kappa shape index (κ1) is 19.3. The minimum atomic E-state index is -4.20. The van der Waals surface area contributed by atoms with Gasteiger partial charge in [-0.2, -0.15) is 13.2 Å². The zero-order valence-corrected chi connectivity index (χ0v) is 14.3. The van der Waals surface area contributed by atoms with Crippen LogP contribution in [0.1, 0.15) is 25.7 Å². The van der Waals surface area contributed by atoms with Crippen LogP contribution in [0, 0.1) is 5.92 Å². The van der Waals surface area contributed by atoms with Gasteiger partial charge in [-0.1, -0.05) is 0 Å². The molecule has 6 nitrogen and oxygen atoms in total. The molecule has 24 heavy (non-hydrogen) atoms. The second-order valence-corrected chi connectivity index (χ2v) is 8.87. The number of carbonyl (C=O) groups is 1. The van der Waals surface area contributed by atoms with Gasteiger partial charge < -0.3 is 10.6 Å². The van der Waals surface area contributed by atoms with E-state index in [0.717, 1.165) is 6.42 Å². The van der Waals surface area contributed by atoms with Crippen molar-refractivity contribution in [3.8, 4) is 0 Å². The van der Waals surface area contributed by atoms with Gasteiger partial charge in [-0.25, -0.2) is 13.2 Å². The van der Waals surface area contributed by atoms with E-state index >= 15 is 0 Å². The lowest BCUT2D eigenvalue weighted by molar-refractivity contribution is -0.148. The van der Waals surface area contributed by atoms with Crippen molar-refractivity contribution in [3.05, 3.63) is 0 Å². The average Bonchev–Trinajstić information content (AvgIpc) is 2.45. The minimum absolute atomic E-state index is 0.0665. The fraction of sp³-hybridized carbons (Fsp3) is 0.929. The topological polar surface area (TPSA) is 78.5 Å². The van der Waals surface area contributed by atoms with Crippen molar-refractivity contribution in [2.75, 3.05) is 37.7 Å². The smallest absolute Gasteiger partial charge is 0.338 e. The quantitative estimate of drug-likeness (QED) is 0.777. The molecule has 2 aliphatic rings. The van der Waals surface area contributed by atoms with E-state index in [1.165, 1.54) is 4.90 Å². The van der Waals surface area contributed by atoms with Crippen LogP contribution in [-0.2, 0) is 9.84 Å². The first-order chi connectivity index (χ1) is 11.1. The summed E-state index contributed by atoms with van der Waals surface area (Å²) < 4.78 is 60.0. The highest BCUT2D eigenvalue weighted by atomic mass is 32.2. The summed E-state index contributed by atoms with van der Waals surface area (Å²) in [5.74, 6) is 0.248. The van der Waals surface area contributed by atoms with Gasteiger partial charge in [0.1, 0.15) is 0 Å². The number of piperidine rings is 1. The van der Waals surface area contributed by atoms with Crippen LogP contribution in [0.5, 0.6) is 0 Å². The number of urea groups is 1. The van der Waals surface area contributed by atoms with Crippen LogP contribution >= 0.6 is 0 Å². The first-order valence-electron chi connectivity index (χ1n) is 8.17. The second-order valence-electron chi connectivity index (χ2n) is 6.64. The number of likely N-dealkylation sites (tertiary alicyclic amines) is 1. The van der Waals surface area contributed by atoms with Crippen LogP contribution < -0.4 is 10.6 Å². The molecule has 2 saturated heterocycles. The predicted molar refractivity (Wildman–Crippen MR) is 83.4 cm³/mol. The number of halogens is 3. The van der Waals surface area contributed by atoms with E-state index in [1.807, 2.05) is 0 Å². The van der Waals surface area contributed by atoms with Crippen LogP contribution in [-0.4, -0.2) is 69.3 Å². The normalized spacial score (nSPS) is 26.0. The molecule has 2 rings (SSSR count). The summed E-state index contributed by atoms with van der Waals surface area (Å²) in [6.07, 6.45) is -1.86. The van der Waals surface area contributed by atoms with Gasteiger partial charge in [0.2, 0.25) is 0 Å². The van der Waals surface area contributed by atoms with Gasteiger partial charge in [0, 0.05) is 25.7 Å². The lowest BCUT2D eigenvalue weighted by Gasteiger charge is -2.32. The Morgan fingerprint density at radius 1 is 1.17 bits per heavy atom. The maximum absolute atomic E-state index is 12.3. The highest BCUT2D eigenvalue weighted by Gasteiger charge is 2.32. The highest BCUT2D eigenvalue weighted by molar-refractivity contribution is 7.91. The Morgan fingerprint density at radius 3 is 2.42 bits per heavy atom. The molecule has 2 amide bonds. The van der Waals surface area contributed by atoms with Crippen molar-refractivity contribution < 1.29 is 26.4 Å². The number of nitrogens with zero attached hydrogens (tertiary/aromatic N) is 1. The van der Waals surface area contributed by atoms with Crippen molar-refractivity contribution in [1.29, 1.82) is 0 Å². The van der Waals surface area contributed by atoms with E-state index in [-0.39, 0.29) is 29.5 Å². The van der Waals surface area contributed by atoms with E-state index in [1.54, 1.807) is 0 Å². The first-order valence-corrected chi connectivity index (χ1v) is 9.99. The molecule has 2 fully saturated rings.